The van der Waals surface area contributed by atoms with E-state index in [0.717, 1.165) is 25.7 Å². The van der Waals surface area contributed by atoms with Crippen LogP contribution in [0.5, 0.6) is 0 Å². The Morgan fingerprint density at radius 3 is 2.62 bits per heavy atom. The fourth-order valence-electron chi connectivity index (χ4n) is 0.886. The van der Waals surface area contributed by atoms with E-state index in [2.05, 4.69) is 12.7 Å². The van der Waals surface area contributed by atoms with Crippen LogP contribution in [-0.4, -0.2) is 12.6 Å². The minimum absolute atomic E-state index is 0.208. The molecule has 2 heteroatoms. The number of esters is 1. The smallest absolute Gasteiger partial charge is 0.302 e. The maximum atomic E-state index is 10.4. The van der Waals surface area contributed by atoms with Crippen molar-refractivity contribution in [3.05, 3.63) is 24.8 Å². The molecule has 0 saturated carbocycles. The largest absolute Gasteiger partial charge is 0.466 e. The van der Waals surface area contributed by atoms with Gasteiger partial charge < -0.3 is 4.74 Å². The number of rotatable bonds is 7. The van der Waals surface area contributed by atoms with Crippen molar-refractivity contribution in [1.29, 1.82) is 0 Å². The van der Waals surface area contributed by atoms with E-state index >= 15 is 0 Å². The lowest BCUT2D eigenvalue weighted by molar-refractivity contribution is -0.140. The number of carbonyl (C=O) groups excluding carboxylic acids is 1. The fraction of sp³-hybridized carbons (Fsp3) is 0.545. The van der Waals surface area contributed by atoms with Crippen LogP contribution in [0.1, 0.15) is 32.6 Å². The molecule has 0 aromatic heterocycles. The number of allylic oxidation sites excluding steroid dienone is 2. The normalized spacial score (nSPS) is 10.2. The second-order valence-electron chi connectivity index (χ2n) is 2.82. The summed E-state index contributed by atoms with van der Waals surface area (Å²) < 4.78 is 4.76. The van der Waals surface area contributed by atoms with Crippen LogP contribution >= 0.6 is 0 Å². The Bertz CT molecular complexity index is 171. The molecule has 13 heavy (non-hydrogen) atoms. The molecule has 0 saturated heterocycles. The minimum Gasteiger partial charge on any atom is -0.466 e. The monoisotopic (exact) mass is 182 g/mol. The number of hydrogen-bond acceptors (Lipinski definition) is 2. The van der Waals surface area contributed by atoms with Crippen molar-refractivity contribution < 1.29 is 9.53 Å². The maximum Gasteiger partial charge on any atom is 0.302 e. The number of unbranched alkanes of at least 4 members (excludes halogenated alkanes) is 2. The lowest BCUT2D eigenvalue weighted by Crippen LogP contribution is -1.98. The summed E-state index contributed by atoms with van der Waals surface area (Å²) in [7, 11) is 0. The molecule has 0 aliphatic heterocycles. The van der Waals surface area contributed by atoms with Gasteiger partial charge in [-0.2, -0.15) is 0 Å². The highest BCUT2D eigenvalue weighted by atomic mass is 16.5. The molecule has 0 aliphatic carbocycles. The Kier molecular flexibility index (Phi) is 8.31. The van der Waals surface area contributed by atoms with Crippen LogP contribution in [0.3, 0.4) is 0 Å². The summed E-state index contributed by atoms with van der Waals surface area (Å²) in [5.74, 6) is -0.208. The molecule has 0 spiro atoms. The highest BCUT2D eigenvalue weighted by Crippen LogP contribution is 1.97. The first-order chi connectivity index (χ1) is 6.27. The van der Waals surface area contributed by atoms with Crippen LogP contribution in [-0.2, 0) is 9.53 Å². The lowest BCUT2D eigenvalue weighted by atomic mass is 10.2. The molecule has 0 heterocycles. The van der Waals surface area contributed by atoms with Crippen LogP contribution < -0.4 is 0 Å². The molecular formula is C11H18O2. The first-order valence-corrected chi connectivity index (χ1v) is 4.66. The molecule has 0 aliphatic rings. The fourth-order valence-corrected chi connectivity index (χ4v) is 0.886. The summed E-state index contributed by atoms with van der Waals surface area (Å²) in [5, 5.41) is 0. The van der Waals surface area contributed by atoms with Crippen LogP contribution in [0, 0.1) is 0 Å². The topological polar surface area (TPSA) is 26.3 Å². The first-order valence-electron chi connectivity index (χ1n) is 4.66. The summed E-state index contributed by atoms with van der Waals surface area (Å²) >= 11 is 0. The quantitative estimate of drug-likeness (QED) is 0.344. The van der Waals surface area contributed by atoms with Gasteiger partial charge in [-0.1, -0.05) is 18.2 Å². The summed E-state index contributed by atoms with van der Waals surface area (Å²) in [5.41, 5.74) is 0. The van der Waals surface area contributed by atoms with Crippen molar-refractivity contribution in [3.63, 3.8) is 0 Å². The Morgan fingerprint density at radius 1 is 1.31 bits per heavy atom. The van der Waals surface area contributed by atoms with Crippen molar-refractivity contribution in [2.45, 2.75) is 32.6 Å². The highest BCUT2D eigenvalue weighted by Gasteiger charge is 1.88. The van der Waals surface area contributed by atoms with Crippen molar-refractivity contribution in [2.24, 2.45) is 0 Å². The van der Waals surface area contributed by atoms with Crippen LogP contribution in [0.2, 0.25) is 0 Å². The van der Waals surface area contributed by atoms with E-state index in [1.807, 2.05) is 12.2 Å². The summed E-state index contributed by atoms with van der Waals surface area (Å²) in [6, 6.07) is 0. The standard InChI is InChI=1S/C11H18O2/c1-3-4-5-6-7-8-9-10-13-11(2)12/h3,7-8H,1,4-6,9-10H2,2H3/b8-7+. The van der Waals surface area contributed by atoms with Gasteiger partial charge in [0.15, 0.2) is 0 Å². The summed E-state index contributed by atoms with van der Waals surface area (Å²) in [6.07, 6.45) is 10.2. The molecular weight excluding hydrogens is 164 g/mol. The van der Waals surface area contributed by atoms with Gasteiger partial charge in [0.2, 0.25) is 0 Å². The number of hydrogen-bond donors (Lipinski definition) is 0. The molecule has 0 fully saturated rings. The Hall–Kier alpha value is -1.05. The third-order valence-corrected chi connectivity index (χ3v) is 1.54. The molecule has 2 nitrogen and oxygen atoms in total. The average molecular weight is 182 g/mol. The predicted octanol–water partition coefficient (Wildman–Crippen LogP) is 2.85. The molecule has 0 aromatic carbocycles. The van der Waals surface area contributed by atoms with Gasteiger partial charge in [0.1, 0.15) is 0 Å². The molecule has 0 amide bonds. The average Bonchev–Trinajstić information content (AvgIpc) is 2.09. The Balaban J connectivity index is 3.12. The zero-order chi connectivity index (χ0) is 9.94. The SMILES string of the molecule is C=CCCC/C=C/CCOC(C)=O. The zero-order valence-electron chi connectivity index (χ0n) is 8.29. The van der Waals surface area contributed by atoms with Crippen LogP contribution in [0.15, 0.2) is 24.8 Å². The van der Waals surface area contributed by atoms with Gasteiger partial charge in [0.25, 0.3) is 0 Å². The Labute approximate surface area is 80.3 Å². The molecule has 0 rings (SSSR count). The van der Waals surface area contributed by atoms with E-state index < -0.39 is 0 Å². The highest BCUT2D eigenvalue weighted by molar-refractivity contribution is 5.65. The van der Waals surface area contributed by atoms with Gasteiger partial charge in [-0.05, 0) is 25.7 Å². The Morgan fingerprint density at radius 2 is 2.00 bits per heavy atom. The molecule has 0 aromatic rings. The van der Waals surface area contributed by atoms with Crippen molar-refractivity contribution in [2.75, 3.05) is 6.61 Å². The predicted molar refractivity (Wildman–Crippen MR) is 54.4 cm³/mol. The minimum atomic E-state index is -0.208. The van der Waals surface area contributed by atoms with E-state index in [4.69, 9.17) is 4.74 Å². The van der Waals surface area contributed by atoms with Crippen molar-refractivity contribution in [1.82, 2.24) is 0 Å². The molecule has 0 unspecified atom stereocenters. The van der Waals surface area contributed by atoms with Gasteiger partial charge >= 0.3 is 5.97 Å². The maximum absolute atomic E-state index is 10.4. The molecule has 74 valence electrons. The summed E-state index contributed by atoms with van der Waals surface area (Å²) in [6.45, 7) is 5.56. The van der Waals surface area contributed by atoms with E-state index in [0.29, 0.717) is 6.61 Å². The van der Waals surface area contributed by atoms with Crippen molar-refractivity contribution >= 4 is 5.97 Å². The molecule has 0 N–H and O–H groups in total. The molecule has 0 bridgehead atoms. The second kappa shape index (κ2) is 9.04. The van der Waals surface area contributed by atoms with Gasteiger partial charge in [0.05, 0.1) is 6.61 Å². The van der Waals surface area contributed by atoms with E-state index in [1.165, 1.54) is 6.92 Å². The van der Waals surface area contributed by atoms with E-state index in [1.54, 1.807) is 0 Å². The second-order valence-corrected chi connectivity index (χ2v) is 2.82. The van der Waals surface area contributed by atoms with Gasteiger partial charge in [-0.15, -0.1) is 6.58 Å². The molecule has 0 atom stereocenters. The van der Waals surface area contributed by atoms with E-state index in [9.17, 15) is 4.79 Å². The van der Waals surface area contributed by atoms with Gasteiger partial charge in [-0.25, -0.2) is 0 Å². The third-order valence-electron chi connectivity index (χ3n) is 1.54. The zero-order valence-corrected chi connectivity index (χ0v) is 8.29. The van der Waals surface area contributed by atoms with E-state index in [-0.39, 0.29) is 5.97 Å². The van der Waals surface area contributed by atoms with Crippen LogP contribution in [0.4, 0.5) is 0 Å². The van der Waals surface area contributed by atoms with Crippen LogP contribution in [0.25, 0.3) is 0 Å². The number of carbonyl (C=O) groups is 1. The third kappa shape index (κ3) is 10.9. The van der Waals surface area contributed by atoms with Gasteiger partial charge in [0, 0.05) is 6.92 Å². The number of ether oxygens (including phenoxy) is 1. The van der Waals surface area contributed by atoms with Gasteiger partial charge in [-0.3, -0.25) is 4.79 Å². The molecule has 0 radical (unpaired) electrons. The first kappa shape index (κ1) is 11.9. The van der Waals surface area contributed by atoms with Crippen molar-refractivity contribution in [3.8, 4) is 0 Å². The lowest BCUT2D eigenvalue weighted by Gasteiger charge is -1.96. The summed E-state index contributed by atoms with van der Waals surface area (Å²) in [4.78, 5) is 10.4.